The summed E-state index contributed by atoms with van der Waals surface area (Å²) in [4.78, 5) is 3.92. The lowest BCUT2D eigenvalue weighted by Crippen LogP contribution is -2.32. The fourth-order valence-corrected chi connectivity index (χ4v) is 3.22. The number of hydrogen-bond donors (Lipinski definition) is 1. The number of sulfonamides is 1. The normalized spacial score (nSPS) is 11.9. The molecule has 6 heteroatoms. The fourth-order valence-electron chi connectivity index (χ4n) is 1.66. The molecule has 0 saturated heterocycles. The molecular formula is C12H21N3O2S. The molecule has 0 aliphatic rings. The average molecular weight is 271 g/mol. The van der Waals surface area contributed by atoms with Gasteiger partial charge in [-0.1, -0.05) is 6.92 Å². The summed E-state index contributed by atoms with van der Waals surface area (Å²) in [7, 11) is -3.19. The molecule has 0 aromatic carbocycles. The van der Waals surface area contributed by atoms with Crippen LogP contribution < -0.4 is 5.73 Å². The van der Waals surface area contributed by atoms with Crippen LogP contribution in [0.5, 0.6) is 0 Å². The van der Waals surface area contributed by atoms with E-state index < -0.39 is 10.0 Å². The number of aromatic nitrogens is 1. The zero-order chi connectivity index (χ0) is 13.4. The van der Waals surface area contributed by atoms with E-state index in [-0.39, 0.29) is 5.75 Å². The number of nitrogens with zero attached hydrogens (tertiary/aromatic N) is 2. The van der Waals surface area contributed by atoms with Gasteiger partial charge in [-0.25, -0.2) is 8.42 Å². The number of hydrogen-bond acceptors (Lipinski definition) is 4. The van der Waals surface area contributed by atoms with Gasteiger partial charge in [0, 0.05) is 25.5 Å². The Morgan fingerprint density at radius 2 is 1.94 bits per heavy atom. The minimum absolute atomic E-state index is 0.170. The van der Waals surface area contributed by atoms with E-state index in [2.05, 4.69) is 4.98 Å². The van der Waals surface area contributed by atoms with Crippen molar-refractivity contribution in [3.8, 4) is 0 Å². The maximum absolute atomic E-state index is 12.1. The lowest BCUT2D eigenvalue weighted by atomic mass is 10.3. The maximum atomic E-state index is 12.1. The van der Waals surface area contributed by atoms with Gasteiger partial charge in [-0.3, -0.25) is 4.98 Å². The van der Waals surface area contributed by atoms with Gasteiger partial charge in [-0.05, 0) is 37.1 Å². The van der Waals surface area contributed by atoms with E-state index in [4.69, 9.17) is 5.73 Å². The van der Waals surface area contributed by atoms with Crippen molar-refractivity contribution in [3.05, 3.63) is 30.1 Å². The van der Waals surface area contributed by atoms with Crippen LogP contribution in [0.1, 0.15) is 25.3 Å². The molecule has 0 spiro atoms. The van der Waals surface area contributed by atoms with Crippen molar-refractivity contribution in [2.24, 2.45) is 5.73 Å². The molecule has 2 N–H and O–H groups in total. The molecule has 1 aromatic rings. The minimum atomic E-state index is -3.19. The molecule has 0 atom stereocenters. The van der Waals surface area contributed by atoms with Crippen LogP contribution in [0, 0.1) is 0 Å². The first-order chi connectivity index (χ1) is 8.60. The van der Waals surface area contributed by atoms with Gasteiger partial charge in [0.2, 0.25) is 10.0 Å². The second kappa shape index (κ2) is 7.45. The maximum Gasteiger partial charge on any atom is 0.214 e. The van der Waals surface area contributed by atoms with Gasteiger partial charge in [0.25, 0.3) is 0 Å². The molecule has 1 rings (SSSR count). The van der Waals surface area contributed by atoms with E-state index in [1.54, 1.807) is 12.4 Å². The Balaban J connectivity index is 2.65. The van der Waals surface area contributed by atoms with Crippen LogP contribution in [0.3, 0.4) is 0 Å². The van der Waals surface area contributed by atoms with Crippen molar-refractivity contribution in [3.63, 3.8) is 0 Å². The summed E-state index contributed by atoms with van der Waals surface area (Å²) in [6.45, 7) is 3.27. The van der Waals surface area contributed by atoms with Crippen molar-refractivity contribution in [2.45, 2.75) is 26.3 Å². The molecule has 0 radical (unpaired) electrons. The number of rotatable bonds is 8. The van der Waals surface area contributed by atoms with E-state index in [1.807, 2.05) is 19.1 Å². The summed E-state index contributed by atoms with van der Waals surface area (Å²) in [6.07, 6.45) is 4.70. The van der Waals surface area contributed by atoms with Gasteiger partial charge in [-0.15, -0.1) is 0 Å². The highest BCUT2D eigenvalue weighted by Gasteiger charge is 2.19. The Labute approximate surface area is 109 Å². The minimum Gasteiger partial charge on any atom is -0.330 e. The standard InChI is InChI=1S/C12H21N3O2S/c1-2-15(11-12-5-8-14-9-6-12)18(16,17)10-4-3-7-13/h5-6,8-9H,2-4,7,10-11,13H2,1H3. The second-order valence-corrected chi connectivity index (χ2v) is 6.18. The van der Waals surface area contributed by atoms with Gasteiger partial charge in [-0.2, -0.15) is 4.31 Å². The van der Waals surface area contributed by atoms with Gasteiger partial charge in [0.05, 0.1) is 5.75 Å². The SMILES string of the molecule is CCN(Cc1ccncc1)S(=O)(=O)CCCCN. The molecule has 0 aliphatic carbocycles. The molecule has 102 valence electrons. The lowest BCUT2D eigenvalue weighted by molar-refractivity contribution is 0.422. The average Bonchev–Trinajstić information content (AvgIpc) is 2.37. The number of nitrogens with two attached hydrogens (primary N) is 1. The van der Waals surface area contributed by atoms with Gasteiger partial charge in [0.15, 0.2) is 0 Å². The van der Waals surface area contributed by atoms with Crippen molar-refractivity contribution in [2.75, 3.05) is 18.8 Å². The quantitative estimate of drug-likeness (QED) is 0.715. The molecule has 0 bridgehead atoms. The largest absolute Gasteiger partial charge is 0.330 e. The second-order valence-electron chi connectivity index (χ2n) is 4.09. The van der Waals surface area contributed by atoms with Gasteiger partial charge >= 0.3 is 0 Å². The van der Waals surface area contributed by atoms with E-state index in [9.17, 15) is 8.42 Å². The van der Waals surface area contributed by atoms with E-state index >= 15 is 0 Å². The molecule has 5 nitrogen and oxygen atoms in total. The third-order valence-electron chi connectivity index (χ3n) is 2.71. The van der Waals surface area contributed by atoms with Crippen molar-refractivity contribution < 1.29 is 8.42 Å². The van der Waals surface area contributed by atoms with Gasteiger partial charge < -0.3 is 5.73 Å². The zero-order valence-corrected chi connectivity index (χ0v) is 11.6. The van der Waals surface area contributed by atoms with Crippen LogP contribution in [-0.2, 0) is 16.6 Å². The summed E-state index contributed by atoms with van der Waals surface area (Å²) < 4.78 is 25.7. The van der Waals surface area contributed by atoms with Crippen LogP contribution in [0.4, 0.5) is 0 Å². The van der Waals surface area contributed by atoms with Crippen LogP contribution in [0.2, 0.25) is 0 Å². The zero-order valence-electron chi connectivity index (χ0n) is 10.7. The van der Waals surface area contributed by atoms with E-state index in [1.165, 1.54) is 4.31 Å². The van der Waals surface area contributed by atoms with E-state index in [0.717, 1.165) is 12.0 Å². The molecular weight excluding hydrogens is 250 g/mol. The monoisotopic (exact) mass is 271 g/mol. The topological polar surface area (TPSA) is 76.3 Å². The van der Waals surface area contributed by atoms with Crippen molar-refractivity contribution in [1.82, 2.24) is 9.29 Å². The molecule has 18 heavy (non-hydrogen) atoms. The van der Waals surface area contributed by atoms with Crippen LogP contribution >= 0.6 is 0 Å². The molecule has 0 aliphatic heterocycles. The molecule has 0 fully saturated rings. The van der Waals surface area contributed by atoms with Crippen molar-refractivity contribution in [1.29, 1.82) is 0 Å². The Bertz CT molecular complexity index is 434. The van der Waals surface area contributed by atoms with Crippen LogP contribution in [0.15, 0.2) is 24.5 Å². The fraction of sp³-hybridized carbons (Fsp3) is 0.583. The third kappa shape index (κ3) is 4.72. The predicted octanol–water partition coefficient (Wildman–Crippen LogP) is 0.972. The summed E-state index contributed by atoms with van der Waals surface area (Å²) in [5.74, 6) is 0.170. The van der Waals surface area contributed by atoms with E-state index in [0.29, 0.717) is 26.1 Å². The first-order valence-corrected chi connectivity index (χ1v) is 7.78. The molecule has 1 heterocycles. The summed E-state index contributed by atoms with van der Waals surface area (Å²) in [5, 5.41) is 0. The van der Waals surface area contributed by atoms with Gasteiger partial charge in [0.1, 0.15) is 0 Å². The first kappa shape index (κ1) is 15.1. The molecule has 0 amide bonds. The Morgan fingerprint density at radius 3 is 2.50 bits per heavy atom. The van der Waals surface area contributed by atoms with Crippen LogP contribution in [-0.4, -0.2) is 36.5 Å². The van der Waals surface area contributed by atoms with Crippen LogP contribution in [0.25, 0.3) is 0 Å². The van der Waals surface area contributed by atoms with Crippen molar-refractivity contribution >= 4 is 10.0 Å². The summed E-state index contributed by atoms with van der Waals surface area (Å²) in [5.41, 5.74) is 6.33. The highest BCUT2D eigenvalue weighted by molar-refractivity contribution is 7.89. The lowest BCUT2D eigenvalue weighted by Gasteiger charge is -2.20. The predicted molar refractivity (Wildman–Crippen MR) is 72.4 cm³/mol. The highest BCUT2D eigenvalue weighted by atomic mass is 32.2. The Hall–Kier alpha value is -0.980. The Kier molecular flexibility index (Phi) is 6.24. The summed E-state index contributed by atoms with van der Waals surface area (Å²) >= 11 is 0. The summed E-state index contributed by atoms with van der Waals surface area (Å²) in [6, 6.07) is 3.66. The third-order valence-corrected chi connectivity index (χ3v) is 4.69. The number of unbranched alkanes of at least 4 members (excludes halogenated alkanes) is 1. The Morgan fingerprint density at radius 1 is 1.28 bits per heavy atom. The molecule has 0 saturated carbocycles. The first-order valence-electron chi connectivity index (χ1n) is 6.17. The molecule has 0 unspecified atom stereocenters. The number of pyridine rings is 1. The molecule has 1 aromatic heterocycles. The highest BCUT2D eigenvalue weighted by Crippen LogP contribution is 2.10. The smallest absolute Gasteiger partial charge is 0.214 e.